The maximum atomic E-state index is 17.7. The minimum Gasteiger partial charge on any atom is -0.497 e. The molecule has 7 heterocycles. The van der Waals surface area contributed by atoms with Gasteiger partial charge in [0.25, 0.3) is 5.56 Å². The molecule has 2 aromatic heterocycles. The van der Waals surface area contributed by atoms with Crippen LogP contribution in [-0.4, -0.2) is 239 Å². The average molecular weight is 1730 g/mol. The molecular formula is C75H103F4N11O20P2SSi3. The van der Waals surface area contributed by atoms with Gasteiger partial charge in [-0.05, 0) is 120 Å². The SMILES string of the molecule is COc1ccc(C(OC[C@H]2O[C@@H](n3cnc4c(=O)n(CCOCNC(=O)CNC(=O)OCC[Si](C)(C)C)cnc43)[C@H](O[P@@](=S)(OC[C@H]3CCCN3C(=O)C(F)(F)F)OC[C@H]3O[C@@H](N4C=C5CCC6=C5C(=N4)C=NN(C(=O)OCC[Si](C)(C)C)C6)[C@@H](F)[C@@H]3P(=O)(O)O)[C@@H]2O[Si](C)(C)C(C)(C)C)(c2ccccc2)c2ccc(OC)cc2)cc1. The Morgan fingerprint density at radius 2 is 1.39 bits per heavy atom. The zero-order valence-electron chi connectivity index (χ0n) is 67.1. The van der Waals surface area contributed by atoms with Gasteiger partial charge in [-0.1, -0.05) is 115 Å². The van der Waals surface area contributed by atoms with E-state index >= 15 is 4.39 Å². The highest BCUT2D eigenvalue weighted by Crippen LogP contribution is 2.59. The highest BCUT2D eigenvalue weighted by molar-refractivity contribution is 8.07. The molecule has 11 rings (SSSR count). The number of carbonyl (C=O) groups excluding carboxylic acids is 4. The van der Waals surface area contributed by atoms with Gasteiger partial charge in [0.1, 0.15) is 72.5 Å². The van der Waals surface area contributed by atoms with Gasteiger partial charge in [0.2, 0.25) is 5.91 Å². The van der Waals surface area contributed by atoms with Crippen molar-refractivity contribution in [3.05, 3.63) is 141 Å². The number of amides is 4. The number of methoxy groups -OCH3 is 2. The number of hydrazone groups is 2. The molecule has 41 heteroatoms. The molecule has 0 bridgehead atoms. The quantitative estimate of drug-likeness (QED) is 0.00742. The molecule has 116 heavy (non-hydrogen) atoms. The lowest BCUT2D eigenvalue weighted by atomic mass is 9.80. The Hall–Kier alpha value is -7.44. The molecule has 3 fully saturated rings. The van der Waals surface area contributed by atoms with Crippen LogP contribution >= 0.6 is 14.3 Å². The second-order valence-corrected chi connectivity index (χ2v) is 53.7. The Kier molecular flexibility index (Phi) is 28.2. The van der Waals surface area contributed by atoms with E-state index in [1.54, 1.807) is 24.3 Å². The van der Waals surface area contributed by atoms with Gasteiger partial charge in [-0.3, -0.25) is 32.6 Å². The fourth-order valence-corrected chi connectivity index (χ4v) is 19.9. The average Bonchev–Trinajstić information content (AvgIpc) is 1.32. The van der Waals surface area contributed by atoms with E-state index in [2.05, 4.69) is 65.1 Å². The molecule has 3 saturated heterocycles. The summed E-state index contributed by atoms with van der Waals surface area (Å²) in [6.45, 7) is 14.9. The second-order valence-electron chi connectivity index (χ2n) is 33.0. The fraction of sp³-hybridized carbons (Fsp3) is 0.560. The number of aromatic nitrogens is 4. The van der Waals surface area contributed by atoms with Crippen molar-refractivity contribution in [3.63, 3.8) is 0 Å². The molecule has 1 aliphatic carbocycles. The molecule has 3 aromatic carbocycles. The van der Waals surface area contributed by atoms with Gasteiger partial charge in [-0.2, -0.15) is 28.4 Å². The Morgan fingerprint density at radius 3 is 2.01 bits per heavy atom. The van der Waals surface area contributed by atoms with Gasteiger partial charge in [0, 0.05) is 34.5 Å². The Labute approximate surface area is 678 Å². The first-order valence-electron chi connectivity index (χ1n) is 38.2. The summed E-state index contributed by atoms with van der Waals surface area (Å²) >= 11 is 6.46. The number of imidazole rings is 1. The topological polar surface area (TPSA) is 348 Å². The highest BCUT2D eigenvalue weighted by atomic mass is 32.5. The van der Waals surface area contributed by atoms with Crippen molar-refractivity contribution in [2.24, 2.45) is 10.2 Å². The summed E-state index contributed by atoms with van der Waals surface area (Å²) in [5, 5.41) is 15.7. The first-order chi connectivity index (χ1) is 54.6. The van der Waals surface area contributed by atoms with Crippen molar-refractivity contribution < 1.29 is 107 Å². The third-order valence-electron chi connectivity index (χ3n) is 21.3. The Balaban J connectivity index is 0.971. The summed E-state index contributed by atoms with van der Waals surface area (Å²) in [6.07, 6.45) is -12.7. The van der Waals surface area contributed by atoms with Gasteiger partial charge in [-0.15, -0.1) is 0 Å². The monoisotopic (exact) mass is 1730 g/mol. The minimum atomic E-state index is -5.60. The molecule has 4 amide bonds. The number of fused-ring (bicyclic) bond motifs is 1. The summed E-state index contributed by atoms with van der Waals surface area (Å²) in [4.78, 5) is 98.5. The molecule has 6 aliphatic rings. The van der Waals surface area contributed by atoms with Crippen LogP contribution in [0.1, 0.15) is 69.4 Å². The van der Waals surface area contributed by atoms with Crippen LogP contribution in [0.4, 0.5) is 27.2 Å². The zero-order valence-corrected chi connectivity index (χ0v) is 72.7. The van der Waals surface area contributed by atoms with E-state index in [9.17, 15) is 51.5 Å². The van der Waals surface area contributed by atoms with Crippen molar-refractivity contribution in [2.75, 3.05) is 80.2 Å². The van der Waals surface area contributed by atoms with Crippen molar-refractivity contribution in [3.8, 4) is 11.5 Å². The largest absolute Gasteiger partial charge is 0.497 e. The first-order valence-corrected chi connectivity index (χ1v) is 52.7. The van der Waals surface area contributed by atoms with Crippen LogP contribution in [0.2, 0.25) is 69.5 Å². The summed E-state index contributed by atoms with van der Waals surface area (Å²) in [5.74, 6) is -1.66. The predicted molar refractivity (Wildman–Crippen MR) is 432 cm³/mol. The number of benzene rings is 3. The van der Waals surface area contributed by atoms with E-state index in [-0.39, 0.29) is 89.1 Å². The number of nitrogens with zero attached hydrogens (tertiary/aromatic N) is 9. The Bertz CT molecular complexity index is 4590. The molecule has 0 unspecified atom stereocenters. The lowest BCUT2D eigenvalue weighted by Gasteiger charge is -2.42. The molecule has 5 aliphatic heterocycles. The van der Waals surface area contributed by atoms with E-state index < -0.39 is 153 Å². The molecule has 0 spiro atoms. The highest BCUT2D eigenvalue weighted by Gasteiger charge is 2.59. The molecular weight excluding hydrogens is 1630 g/mol. The minimum absolute atomic E-state index is 0.0213. The number of carbonyl (C=O) groups is 4. The third-order valence-corrected chi connectivity index (χ3v) is 32.9. The number of allylic oxidation sites excluding steroid dienone is 2. The second kappa shape index (κ2) is 36.6. The summed E-state index contributed by atoms with van der Waals surface area (Å²) < 4.78 is 155. The van der Waals surface area contributed by atoms with Crippen LogP contribution in [0.15, 0.2) is 129 Å². The molecule has 4 N–H and O–H groups in total. The van der Waals surface area contributed by atoms with Crippen molar-refractivity contribution in [1.82, 2.24) is 44.7 Å². The predicted octanol–water partition coefficient (Wildman–Crippen LogP) is 11.3. The molecule has 634 valence electrons. The van der Waals surface area contributed by atoms with E-state index in [0.29, 0.717) is 63.1 Å². The lowest BCUT2D eigenvalue weighted by molar-refractivity contribution is -0.186. The standard InChI is InChI=1S/C75H103F4N11O20P2SSi3/c1-73(2,3)116(12,13)110-63-57(43-104-74(50-18-15-14-16-19-50,51-23-27-54(99-4)28-24-51)52-25-29-55(100-5)30-26-52)107-69(88-46-81-62-66(88)82-45-86(67(62)92)32-33-101-47-83-59(91)39-80-71(94)102-34-36-114(6,7)8)64(63)109-112(113,105-42-53-20-17-31-87(53)70(93)75(77,78)79)106-44-58-65(111(96,97)98)61(76)68(108-58)89-40-48-21-22-49-41-90(84-38-56(85-89)60(48)49)72(95)103-35-37-115(9,10)11/h14-16,18-19,23-30,38,40,45-46,53,57-58,61,63-65,68-69H,17,20-22,31-37,39,41-44,47H2,1-13H3,(H,80,94)(H,83,91)(H2,96,97,98)/t53-,57-,58-,61+,63-,64-,65-,68-,69-,112-/m1/s1. The number of hydrogen-bond donors (Lipinski definition) is 4. The van der Waals surface area contributed by atoms with E-state index in [1.807, 2.05) is 88.5 Å². The number of alkyl halides is 4. The molecule has 0 radical (unpaired) electrons. The van der Waals surface area contributed by atoms with Crippen LogP contribution < -0.4 is 25.7 Å². The van der Waals surface area contributed by atoms with Crippen LogP contribution in [0, 0.1) is 0 Å². The van der Waals surface area contributed by atoms with E-state index in [0.717, 1.165) is 16.6 Å². The van der Waals surface area contributed by atoms with E-state index in [1.165, 1.54) is 53.4 Å². The van der Waals surface area contributed by atoms with Crippen LogP contribution in [0.25, 0.3) is 11.2 Å². The van der Waals surface area contributed by atoms with Crippen molar-refractivity contribution >= 4 is 97.7 Å². The lowest BCUT2D eigenvalue weighted by Crippen LogP contribution is -2.51. The number of halogens is 4. The maximum Gasteiger partial charge on any atom is 0.471 e. The number of rotatable bonds is 34. The number of nitrogens with one attached hydrogen (secondary N) is 2. The zero-order chi connectivity index (χ0) is 84.1. The van der Waals surface area contributed by atoms with Gasteiger partial charge in [-0.25, -0.2) is 29.0 Å². The number of ether oxygens (including phenoxy) is 8. The van der Waals surface area contributed by atoms with Crippen molar-refractivity contribution in [1.29, 1.82) is 0 Å². The fourth-order valence-electron chi connectivity index (χ4n) is 13.9. The van der Waals surface area contributed by atoms with Crippen molar-refractivity contribution in [2.45, 2.75) is 189 Å². The number of likely N-dealkylation sites (tertiary alicyclic amines) is 1. The van der Waals surface area contributed by atoms with Gasteiger partial charge >= 0.3 is 38.6 Å². The molecule has 0 saturated carbocycles. The van der Waals surface area contributed by atoms with E-state index in [4.69, 9.17) is 72.7 Å². The molecule has 5 aromatic rings. The number of hydrogen-bond acceptors (Lipinski definition) is 24. The van der Waals surface area contributed by atoms with Gasteiger partial charge < -0.3 is 76.7 Å². The van der Waals surface area contributed by atoms with Crippen LogP contribution in [0.5, 0.6) is 11.5 Å². The summed E-state index contributed by atoms with van der Waals surface area (Å²) in [6, 6.07) is 24.0. The number of alkyl carbamates (subject to hydrolysis) is 1. The summed E-state index contributed by atoms with van der Waals surface area (Å²) in [5.41, 5.74) is -0.615. The summed E-state index contributed by atoms with van der Waals surface area (Å²) in [7, 11) is -8.80. The molecule has 31 nitrogen and oxygen atoms in total. The molecule has 10 atom stereocenters. The smallest absolute Gasteiger partial charge is 0.471 e. The maximum absolute atomic E-state index is 17.7. The van der Waals surface area contributed by atoms with Crippen LogP contribution in [-0.2, 0) is 84.5 Å². The Morgan fingerprint density at radius 1 is 0.759 bits per heavy atom. The van der Waals surface area contributed by atoms with Crippen LogP contribution in [0.3, 0.4) is 0 Å². The first kappa shape index (κ1) is 89.4. The van der Waals surface area contributed by atoms with Gasteiger partial charge in [0.05, 0.1) is 85.5 Å². The van der Waals surface area contributed by atoms with Gasteiger partial charge in [0.15, 0.2) is 38.1 Å². The third kappa shape index (κ3) is 21.2. The normalized spacial score (nSPS) is 22.6.